The molecule has 0 radical (unpaired) electrons. The fourth-order valence-corrected chi connectivity index (χ4v) is 5.03. The molecule has 154 valence electrons. The average Bonchev–Trinajstić information content (AvgIpc) is 3.40. The van der Waals surface area contributed by atoms with E-state index in [1.807, 2.05) is 48.3 Å². The monoisotopic (exact) mass is 418 g/mol. The summed E-state index contributed by atoms with van der Waals surface area (Å²) in [7, 11) is 1.95. The fourth-order valence-electron chi connectivity index (χ4n) is 4.18. The highest BCUT2D eigenvalue weighted by atomic mass is 32.1. The Kier molecular flexibility index (Phi) is 6.03. The first kappa shape index (κ1) is 20.4. The Morgan fingerprint density at radius 3 is 2.70 bits per heavy atom. The van der Waals surface area contributed by atoms with Gasteiger partial charge in [0, 0.05) is 22.3 Å². The van der Waals surface area contributed by atoms with Crippen LogP contribution in [0.4, 0.5) is 5.82 Å². The van der Waals surface area contributed by atoms with Crippen LogP contribution >= 0.6 is 11.3 Å². The number of amides is 1. The number of aromatic nitrogens is 1. The van der Waals surface area contributed by atoms with Crippen molar-refractivity contribution in [3.05, 3.63) is 69.5 Å². The zero-order valence-corrected chi connectivity index (χ0v) is 18.2. The van der Waals surface area contributed by atoms with E-state index in [1.54, 1.807) is 11.3 Å². The zero-order valence-electron chi connectivity index (χ0n) is 17.4. The largest absolute Gasteiger partial charge is 0.310 e. The van der Waals surface area contributed by atoms with Crippen LogP contribution in [0.2, 0.25) is 0 Å². The van der Waals surface area contributed by atoms with Gasteiger partial charge in [0.25, 0.3) is 0 Å². The molecular weight excluding hydrogens is 392 g/mol. The number of para-hydroxylation sites is 1. The van der Waals surface area contributed by atoms with E-state index in [0.717, 1.165) is 42.6 Å². The molecule has 0 saturated heterocycles. The lowest BCUT2D eigenvalue weighted by Crippen LogP contribution is -2.32. The second-order valence-electron chi connectivity index (χ2n) is 7.79. The molecule has 4 rings (SSSR count). The molecule has 30 heavy (non-hydrogen) atoms. The molecule has 5 nitrogen and oxygen atoms in total. The van der Waals surface area contributed by atoms with Gasteiger partial charge in [-0.25, -0.2) is 0 Å². The number of hydrogen-bond acceptors (Lipinski definition) is 4. The van der Waals surface area contributed by atoms with Crippen LogP contribution in [0.3, 0.4) is 0 Å². The molecule has 2 heterocycles. The number of carbonyl (C=O) groups is 1. The van der Waals surface area contributed by atoms with Gasteiger partial charge in [0.15, 0.2) is 0 Å². The number of nitriles is 1. The average molecular weight is 419 g/mol. The number of hydrogen-bond donors (Lipinski definition) is 1. The first-order valence-corrected chi connectivity index (χ1v) is 11.2. The van der Waals surface area contributed by atoms with Crippen LogP contribution in [0, 0.1) is 11.3 Å². The lowest BCUT2D eigenvalue weighted by Gasteiger charge is -2.23. The first-order chi connectivity index (χ1) is 14.6. The maximum Gasteiger partial charge on any atom is 0.239 e. The SMILES string of the molecule is C[C@@H](c1cccs1)N(C)CC(=O)Nc1c(C#N)c2c(n1-c1ccccc1)CCCC2. The van der Waals surface area contributed by atoms with Crippen LogP contribution in [-0.2, 0) is 17.6 Å². The van der Waals surface area contributed by atoms with Crippen molar-refractivity contribution in [2.45, 2.75) is 38.6 Å². The second kappa shape index (κ2) is 8.86. The fraction of sp³-hybridized carbons (Fsp3) is 0.333. The topological polar surface area (TPSA) is 61.1 Å². The first-order valence-electron chi connectivity index (χ1n) is 10.4. The van der Waals surface area contributed by atoms with Crippen molar-refractivity contribution in [3.8, 4) is 11.8 Å². The number of thiophene rings is 1. The van der Waals surface area contributed by atoms with Gasteiger partial charge in [0.05, 0.1) is 12.1 Å². The van der Waals surface area contributed by atoms with Crippen molar-refractivity contribution in [1.29, 1.82) is 5.26 Å². The third-order valence-corrected chi connectivity index (χ3v) is 6.91. The van der Waals surface area contributed by atoms with E-state index in [-0.39, 0.29) is 18.5 Å². The molecule has 2 aromatic heterocycles. The lowest BCUT2D eigenvalue weighted by molar-refractivity contribution is -0.117. The predicted octanol–water partition coefficient (Wildman–Crippen LogP) is 4.92. The Hall–Kier alpha value is -2.88. The van der Waals surface area contributed by atoms with Crippen molar-refractivity contribution in [2.24, 2.45) is 0 Å². The van der Waals surface area contributed by atoms with Gasteiger partial charge in [-0.05, 0) is 68.8 Å². The summed E-state index contributed by atoms with van der Waals surface area (Å²) in [5.74, 6) is 0.502. The second-order valence-corrected chi connectivity index (χ2v) is 8.77. The highest BCUT2D eigenvalue weighted by Gasteiger charge is 2.27. The Morgan fingerprint density at radius 1 is 1.23 bits per heavy atom. The van der Waals surface area contributed by atoms with E-state index in [9.17, 15) is 10.1 Å². The lowest BCUT2D eigenvalue weighted by atomic mass is 9.95. The van der Waals surface area contributed by atoms with E-state index >= 15 is 0 Å². The van der Waals surface area contributed by atoms with Gasteiger partial charge in [-0.3, -0.25) is 14.3 Å². The van der Waals surface area contributed by atoms with Gasteiger partial charge in [0.1, 0.15) is 11.9 Å². The third-order valence-electron chi connectivity index (χ3n) is 5.86. The van der Waals surface area contributed by atoms with Crippen molar-refractivity contribution in [2.75, 3.05) is 18.9 Å². The molecule has 1 aliphatic rings. The minimum atomic E-state index is -0.107. The normalized spacial score (nSPS) is 14.2. The summed E-state index contributed by atoms with van der Waals surface area (Å²) >= 11 is 1.69. The number of nitrogens with one attached hydrogen (secondary N) is 1. The van der Waals surface area contributed by atoms with Crippen LogP contribution in [0.5, 0.6) is 0 Å². The number of carbonyl (C=O) groups excluding carboxylic acids is 1. The highest BCUT2D eigenvalue weighted by Crippen LogP contribution is 2.35. The Morgan fingerprint density at radius 2 is 2.00 bits per heavy atom. The van der Waals surface area contributed by atoms with Crippen molar-refractivity contribution < 1.29 is 4.79 Å². The molecule has 0 aliphatic heterocycles. The van der Waals surface area contributed by atoms with E-state index in [0.29, 0.717) is 11.4 Å². The molecule has 1 N–H and O–H groups in total. The highest BCUT2D eigenvalue weighted by molar-refractivity contribution is 7.10. The predicted molar refractivity (Wildman–Crippen MR) is 121 cm³/mol. The molecule has 1 amide bonds. The summed E-state index contributed by atoms with van der Waals surface area (Å²) in [6.07, 6.45) is 3.98. The van der Waals surface area contributed by atoms with Gasteiger partial charge in [-0.15, -0.1) is 11.3 Å². The smallest absolute Gasteiger partial charge is 0.239 e. The van der Waals surface area contributed by atoms with E-state index < -0.39 is 0 Å². The standard InChI is InChI=1S/C24H26N4OS/c1-17(22-13-8-14-30-22)27(2)16-23(29)26-24-20(15-25)19-11-6-7-12-21(19)28(24)18-9-4-3-5-10-18/h3-5,8-10,13-14,17H,6-7,11-12,16H2,1-2H3,(H,26,29)/t17-/m0/s1. The molecule has 0 fully saturated rings. The number of benzene rings is 1. The minimum absolute atomic E-state index is 0.107. The summed E-state index contributed by atoms with van der Waals surface area (Å²) < 4.78 is 2.08. The van der Waals surface area contributed by atoms with Crippen LogP contribution < -0.4 is 5.32 Å². The summed E-state index contributed by atoms with van der Waals surface area (Å²) in [4.78, 5) is 16.2. The summed E-state index contributed by atoms with van der Waals surface area (Å²) in [5.41, 5.74) is 3.83. The van der Waals surface area contributed by atoms with Crippen LogP contribution in [-0.4, -0.2) is 29.0 Å². The van der Waals surface area contributed by atoms with Crippen molar-refractivity contribution in [3.63, 3.8) is 0 Å². The summed E-state index contributed by atoms with van der Waals surface area (Å²) in [6, 6.07) is 16.6. The van der Waals surface area contributed by atoms with Crippen LogP contribution in [0.25, 0.3) is 5.69 Å². The number of rotatable bonds is 6. The van der Waals surface area contributed by atoms with Crippen LogP contribution in [0.1, 0.15) is 47.5 Å². The Balaban J connectivity index is 1.64. The number of fused-ring (bicyclic) bond motifs is 1. The molecule has 1 atom stereocenters. The zero-order chi connectivity index (χ0) is 21.1. The van der Waals surface area contributed by atoms with E-state index in [2.05, 4.69) is 34.3 Å². The molecule has 1 aromatic carbocycles. The van der Waals surface area contributed by atoms with Crippen LogP contribution in [0.15, 0.2) is 47.8 Å². The quantitative estimate of drug-likeness (QED) is 0.618. The maximum absolute atomic E-state index is 13.0. The van der Waals surface area contributed by atoms with Crippen molar-refractivity contribution in [1.82, 2.24) is 9.47 Å². The van der Waals surface area contributed by atoms with Gasteiger partial charge in [0.2, 0.25) is 5.91 Å². The molecule has 1 aliphatic carbocycles. The molecule has 6 heteroatoms. The van der Waals surface area contributed by atoms with Gasteiger partial charge in [-0.2, -0.15) is 5.26 Å². The maximum atomic E-state index is 13.0. The van der Waals surface area contributed by atoms with Gasteiger partial charge in [-0.1, -0.05) is 24.3 Å². The van der Waals surface area contributed by atoms with E-state index in [4.69, 9.17) is 0 Å². The minimum Gasteiger partial charge on any atom is -0.310 e. The Labute approximate surface area is 181 Å². The number of nitrogens with zero attached hydrogens (tertiary/aromatic N) is 3. The van der Waals surface area contributed by atoms with E-state index in [1.165, 1.54) is 4.88 Å². The molecule has 0 bridgehead atoms. The molecular formula is C24H26N4OS. The number of likely N-dealkylation sites (N-methyl/N-ethyl adjacent to an activating group) is 1. The third kappa shape index (κ3) is 3.91. The Bertz CT molecular complexity index is 1060. The number of anilines is 1. The molecule has 0 spiro atoms. The molecule has 3 aromatic rings. The van der Waals surface area contributed by atoms with Gasteiger partial charge >= 0.3 is 0 Å². The summed E-state index contributed by atoms with van der Waals surface area (Å²) in [5, 5.41) is 15.1. The van der Waals surface area contributed by atoms with Crippen molar-refractivity contribution >= 4 is 23.1 Å². The molecule has 0 saturated carbocycles. The molecule has 0 unspecified atom stereocenters. The van der Waals surface area contributed by atoms with Gasteiger partial charge < -0.3 is 5.32 Å². The summed E-state index contributed by atoms with van der Waals surface area (Å²) in [6.45, 7) is 2.36.